The summed E-state index contributed by atoms with van der Waals surface area (Å²) in [7, 11) is 4.02. The Hall–Kier alpha value is -2.20. The molecule has 2 aromatic carbocycles. The summed E-state index contributed by atoms with van der Waals surface area (Å²) in [6.45, 7) is 1.49. The molecule has 0 amide bonds. The maximum atomic E-state index is 5.93. The van der Waals surface area contributed by atoms with Crippen LogP contribution in [0.25, 0.3) is 0 Å². The van der Waals surface area contributed by atoms with Crippen LogP contribution in [0.2, 0.25) is 0 Å². The quantitative estimate of drug-likeness (QED) is 0.821. The van der Waals surface area contributed by atoms with Gasteiger partial charge in [0.15, 0.2) is 5.75 Å². The van der Waals surface area contributed by atoms with Gasteiger partial charge < -0.3 is 20.1 Å². The summed E-state index contributed by atoms with van der Waals surface area (Å²) in [5.74, 6) is 2.12. The van der Waals surface area contributed by atoms with Gasteiger partial charge in [-0.05, 0) is 38.4 Å². The molecule has 0 spiro atoms. The van der Waals surface area contributed by atoms with Gasteiger partial charge in [0, 0.05) is 12.6 Å². The number of nitrogens with zero attached hydrogens (tertiary/aromatic N) is 1. The predicted molar refractivity (Wildman–Crippen MR) is 81.4 cm³/mol. The first-order valence-electron chi connectivity index (χ1n) is 6.55. The van der Waals surface area contributed by atoms with Gasteiger partial charge in [-0.2, -0.15) is 0 Å². The molecule has 0 unspecified atom stereocenters. The zero-order chi connectivity index (χ0) is 14.4. The van der Waals surface area contributed by atoms with E-state index in [1.54, 1.807) is 6.07 Å². The molecule has 2 rings (SSSR count). The van der Waals surface area contributed by atoms with Gasteiger partial charge in [0.1, 0.15) is 18.1 Å². The van der Waals surface area contributed by atoms with Crippen LogP contribution in [0, 0.1) is 0 Å². The first-order valence-corrected chi connectivity index (χ1v) is 6.55. The molecule has 0 atom stereocenters. The zero-order valence-electron chi connectivity index (χ0n) is 11.9. The fraction of sp³-hybridized carbons (Fsp3) is 0.250. The number of nitrogens with two attached hydrogens (primary N) is 1. The van der Waals surface area contributed by atoms with Crippen molar-refractivity contribution in [3.8, 4) is 17.2 Å². The number of para-hydroxylation sites is 1. The zero-order valence-corrected chi connectivity index (χ0v) is 11.9. The van der Waals surface area contributed by atoms with Crippen molar-refractivity contribution >= 4 is 5.69 Å². The number of benzene rings is 2. The second kappa shape index (κ2) is 6.82. The standard InChI is InChI=1S/C16H20N2O2/c1-18(2)10-11-19-14-8-9-15(17)16(12-14)20-13-6-4-3-5-7-13/h3-9,12H,10-11,17H2,1-2H3. The van der Waals surface area contributed by atoms with Crippen molar-refractivity contribution in [2.45, 2.75) is 0 Å². The fourth-order valence-electron chi connectivity index (χ4n) is 1.65. The van der Waals surface area contributed by atoms with E-state index in [-0.39, 0.29) is 0 Å². The minimum Gasteiger partial charge on any atom is -0.492 e. The highest BCUT2D eigenvalue weighted by molar-refractivity contribution is 5.57. The summed E-state index contributed by atoms with van der Waals surface area (Å²) >= 11 is 0. The normalized spacial score (nSPS) is 10.6. The largest absolute Gasteiger partial charge is 0.492 e. The van der Waals surface area contributed by atoms with Crippen molar-refractivity contribution in [2.75, 3.05) is 33.0 Å². The van der Waals surface area contributed by atoms with Gasteiger partial charge in [0.05, 0.1) is 5.69 Å². The number of hydrogen-bond acceptors (Lipinski definition) is 4. The van der Waals surface area contributed by atoms with Crippen LogP contribution in [0.15, 0.2) is 48.5 Å². The van der Waals surface area contributed by atoms with Crippen LogP contribution < -0.4 is 15.2 Å². The van der Waals surface area contributed by atoms with Crippen LogP contribution in [0.1, 0.15) is 0 Å². The second-order valence-electron chi connectivity index (χ2n) is 4.77. The van der Waals surface area contributed by atoms with Crippen LogP contribution in [0.4, 0.5) is 5.69 Å². The second-order valence-corrected chi connectivity index (χ2v) is 4.77. The van der Waals surface area contributed by atoms with Gasteiger partial charge in [-0.1, -0.05) is 18.2 Å². The summed E-state index contributed by atoms with van der Waals surface area (Å²) < 4.78 is 11.4. The van der Waals surface area contributed by atoms with E-state index in [4.69, 9.17) is 15.2 Å². The highest BCUT2D eigenvalue weighted by atomic mass is 16.5. The van der Waals surface area contributed by atoms with Crippen LogP contribution in [0.3, 0.4) is 0 Å². The smallest absolute Gasteiger partial charge is 0.153 e. The summed E-state index contributed by atoms with van der Waals surface area (Å²) in [4.78, 5) is 2.07. The van der Waals surface area contributed by atoms with Gasteiger partial charge in [-0.15, -0.1) is 0 Å². The molecule has 2 N–H and O–H groups in total. The molecule has 0 heterocycles. The third-order valence-electron chi connectivity index (χ3n) is 2.76. The molecule has 4 nitrogen and oxygen atoms in total. The Morgan fingerprint density at radius 2 is 1.75 bits per heavy atom. The van der Waals surface area contributed by atoms with Gasteiger partial charge in [0.25, 0.3) is 0 Å². The SMILES string of the molecule is CN(C)CCOc1ccc(N)c(Oc2ccccc2)c1. The Morgan fingerprint density at radius 3 is 2.45 bits per heavy atom. The average Bonchev–Trinajstić information content (AvgIpc) is 2.43. The predicted octanol–water partition coefficient (Wildman–Crippen LogP) is 3.00. The number of likely N-dealkylation sites (N-methyl/N-ethyl adjacent to an activating group) is 1. The Morgan fingerprint density at radius 1 is 1.00 bits per heavy atom. The molecule has 0 aliphatic rings. The highest BCUT2D eigenvalue weighted by Crippen LogP contribution is 2.31. The topological polar surface area (TPSA) is 47.7 Å². The average molecular weight is 272 g/mol. The van der Waals surface area contributed by atoms with Gasteiger partial charge in [-0.3, -0.25) is 0 Å². The lowest BCUT2D eigenvalue weighted by Gasteiger charge is -2.13. The van der Waals surface area contributed by atoms with Crippen molar-refractivity contribution in [2.24, 2.45) is 0 Å². The van der Waals surface area contributed by atoms with E-state index in [9.17, 15) is 0 Å². The number of ether oxygens (including phenoxy) is 2. The van der Waals surface area contributed by atoms with E-state index in [1.807, 2.05) is 56.6 Å². The van der Waals surface area contributed by atoms with Crippen molar-refractivity contribution in [1.29, 1.82) is 0 Å². The lowest BCUT2D eigenvalue weighted by molar-refractivity contribution is 0.261. The number of anilines is 1. The highest BCUT2D eigenvalue weighted by Gasteiger charge is 2.05. The van der Waals surface area contributed by atoms with Crippen molar-refractivity contribution in [3.05, 3.63) is 48.5 Å². The van der Waals surface area contributed by atoms with Crippen molar-refractivity contribution in [3.63, 3.8) is 0 Å². The summed E-state index contributed by atoms with van der Waals surface area (Å²) in [6, 6.07) is 15.0. The monoisotopic (exact) mass is 272 g/mol. The summed E-state index contributed by atoms with van der Waals surface area (Å²) in [5.41, 5.74) is 6.52. The molecule has 20 heavy (non-hydrogen) atoms. The van der Waals surface area contributed by atoms with Crippen molar-refractivity contribution in [1.82, 2.24) is 4.90 Å². The maximum Gasteiger partial charge on any atom is 0.153 e. The first kappa shape index (κ1) is 14.2. The van der Waals surface area contributed by atoms with Gasteiger partial charge in [0.2, 0.25) is 0 Å². The molecule has 0 aliphatic carbocycles. The summed E-state index contributed by atoms with van der Waals surface area (Å²) in [5, 5.41) is 0. The van der Waals surface area contributed by atoms with Gasteiger partial charge >= 0.3 is 0 Å². The van der Waals surface area contributed by atoms with E-state index in [0.717, 1.165) is 18.0 Å². The molecule has 0 aromatic heterocycles. The minimum atomic E-state index is 0.591. The van der Waals surface area contributed by atoms with Gasteiger partial charge in [-0.25, -0.2) is 0 Å². The first-order chi connectivity index (χ1) is 9.65. The van der Waals surface area contributed by atoms with E-state index in [2.05, 4.69) is 4.90 Å². The van der Waals surface area contributed by atoms with Crippen LogP contribution in [-0.2, 0) is 0 Å². The number of rotatable bonds is 6. The Kier molecular flexibility index (Phi) is 4.85. The molecule has 0 saturated carbocycles. The summed E-state index contributed by atoms with van der Waals surface area (Å²) in [6.07, 6.45) is 0. The molecule has 106 valence electrons. The molecule has 0 aliphatic heterocycles. The molecule has 0 radical (unpaired) electrons. The number of nitrogen functional groups attached to an aromatic ring is 1. The fourth-order valence-corrected chi connectivity index (χ4v) is 1.65. The Bertz CT molecular complexity index is 541. The van der Waals surface area contributed by atoms with Crippen LogP contribution in [-0.4, -0.2) is 32.1 Å². The third kappa shape index (κ3) is 4.17. The molecular formula is C16H20N2O2. The minimum absolute atomic E-state index is 0.591. The number of hydrogen-bond donors (Lipinski definition) is 1. The van der Waals surface area contributed by atoms with E-state index < -0.39 is 0 Å². The lowest BCUT2D eigenvalue weighted by Crippen LogP contribution is -2.19. The molecule has 4 heteroatoms. The van der Waals surface area contributed by atoms with Crippen molar-refractivity contribution < 1.29 is 9.47 Å². The molecule has 0 saturated heterocycles. The molecule has 0 fully saturated rings. The van der Waals surface area contributed by atoms with E-state index in [0.29, 0.717) is 18.0 Å². The van der Waals surface area contributed by atoms with E-state index in [1.165, 1.54) is 0 Å². The lowest BCUT2D eigenvalue weighted by atomic mass is 10.2. The Labute approximate surface area is 119 Å². The maximum absolute atomic E-state index is 5.93. The van der Waals surface area contributed by atoms with E-state index >= 15 is 0 Å². The molecule has 2 aromatic rings. The molecular weight excluding hydrogens is 252 g/mol. The van der Waals surface area contributed by atoms with Crippen LogP contribution in [0.5, 0.6) is 17.2 Å². The Balaban J connectivity index is 2.05. The molecule has 0 bridgehead atoms. The van der Waals surface area contributed by atoms with Crippen LogP contribution >= 0.6 is 0 Å². The third-order valence-corrected chi connectivity index (χ3v) is 2.76.